The monoisotopic (exact) mass is 269 g/mol. The summed E-state index contributed by atoms with van der Waals surface area (Å²) in [5, 5.41) is 1.29. The molecule has 0 aromatic heterocycles. The average Bonchev–Trinajstić information content (AvgIpc) is 2.37. The van der Waals surface area contributed by atoms with Crippen molar-refractivity contribution in [1.29, 1.82) is 0 Å². The molecule has 96 valence electrons. The molecule has 0 atom stereocenters. The molecule has 0 saturated carbocycles. The lowest BCUT2D eigenvalue weighted by molar-refractivity contribution is 0.409. The highest BCUT2D eigenvalue weighted by atomic mass is 35.5. The Morgan fingerprint density at radius 2 is 1.83 bits per heavy atom. The van der Waals surface area contributed by atoms with Crippen molar-refractivity contribution in [2.24, 2.45) is 0 Å². The fourth-order valence-electron chi connectivity index (χ4n) is 2.06. The number of nitrogens with two attached hydrogens (primary N) is 1. The number of alkyl halides is 1. The zero-order valence-electron chi connectivity index (χ0n) is 10.1. The van der Waals surface area contributed by atoms with E-state index in [1.54, 1.807) is 6.07 Å². The largest absolute Gasteiger partial charge is 0.496 e. The van der Waals surface area contributed by atoms with Crippen LogP contribution in [0.1, 0.15) is 5.56 Å². The lowest BCUT2D eigenvalue weighted by atomic mass is 10.0. The van der Waals surface area contributed by atoms with Gasteiger partial charge in [0.1, 0.15) is 17.3 Å². The van der Waals surface area contributed by atoms with Gasteiger partial charge in [0.05, 0.1) is 25.8 Å². The van der Waals surface area contributed by atoms with Crippen LogP contribution in [0.3, 0.4) is 0 Å². The number of halogens is 2. The maximum Gasteiger partial charge on any atom is 0.150 e. The smallest absolute Gasteiger partial charge is 0.150 e. The molecule has 0 aliphatic carbocycles. The van der Waals surface area contributed by atoms with Crippen LogP contribution in [0.25, 0.3) is 10.8 Å². The Balaban J connectivity index is 2.96. The van der Waals surface area contributed by atoms with Gasteiger partial charge in [0.15, 0.2) is 0 Å². The van der Waals surface area contributed by atoms with Gasteiger partial charge in [0.2, 0.25) is 0 Å². The first-order valence-corrected chi connectivity index (χ1v) is 5.85. The van der Waals surface area contributed by atoms with E-state index in [0.717, 1.165) is 0 Å². The summed E-state index contributed by atoms with van der Waals surface area (Å²) in [4.78, 5) is 0. The van der Waals surface area contributed by atoms with E-state index in [1.165, 1.54) is 26.4 Å². The number of ether oxygens (including phenoxy) is 2. The van der Waals surface area contributed by atoms with E-state index in [1.807, 2.05) is 0 Å². The molecule has 0 fully saturated rings. The van der Waals surface area contributed by atoms with E-state index < -0.39 is 0 Å². The quantitative estimate of drug-likeness (QED) is 0.687. The minimum Gasteiger partial charge on any atom is -0.496 e. The van der Waals surface area contributed by atoms with Crippen molar-refractivity contribution in [3.63, 3.8) is 0 Å². The Kier molecular flexibility index (Phi) is 3.48. The molecular formula is C13H13ClFNO2. The maximum atomic E-state index is 13.4. The molecule has 0 heterocycles. The van der Waals surface area contributed by atoms with Crippen molar-refractivity contribution in [2.45, 2.75) is 5.88 Å². The highest BCUT2D eigenvalue weighted by Gasteiger charge is 2.18. The Hall–Kier alpha value is -1.68. The molecule has 2 aromatic rings. The number of benzene rings is 2. The molecular weight excluding hydrogens is 257 g/mol. The summed E-state index contributed by atoms with van der Waals surface area (Å²) in [5.41, 5.74) is 7.03. The maximum absolute atomic E-state index is 13.4. The Labute approximate surface area is 109 Å². The van der Waals surface area contributed by atoms with Crippen molar-refractivity contribution in [3.8, 4) is 11.5 Å². The van der Waals surface area contributed by atoms with Crippen molar-refractivity contribution in [1.82, 2.24) is 0 Å². The van der Waals surface area contributed by atoms with E-state index in [0.29, 0.717) is 33.5 Å². The van der Waals surface area contributed by atoms with Crippen LogP contribution in [0, 0.1) is 5.82 Å². The highest BCUT2D eigenvalue weighted by molar-refractivity contribution is 6.18. The molecule has 0 saturated heterocycles. The summed E-state index contributed by atoms with van der Waals surface area (Å²) < 4.78 is 23.9. The zero-order valence-corrected chi connectivity index (χ0v) is 10.8. The minimum atomic E-state index is -0.354. The molecule has 0 aliphatic rings. The fraction of sp³-hybridized carbons (Fsp3) is 0.231. The zero-order chi connectivity index (χ0) is 13.3. The van der Waals surface area contributed by atoms with Gasteiger partial charge in [-0.1, -0.05) is 0 Å². The van der Waals surface area contributed by atoms with Crippen LogP contribution in [0.5, 0.6) is 11.5 Å². The molecule has 2 aromatic carbocycles. The molecule has 2 N–H and O–H groups in total. The van der Waals surface area contributed by atoms with E-state index in [9.17, 15) is 4.39 Å². The summed E-state index contributed by atoms with van der Waals surface area (Å²) >= 11 is 5.88. The summed E-state index contributed by atoms with van der Waals surface area (Å²) in [6, 6.07) is 4.34. The first-order valence-electron chi connectivity index (χ1n) is 5.31. The molecule has 0 spiro atoms. The van der Waals surface area contributed by atoms with Gasteiger partial charge < -0.3 is 15.2 Å². The predicted molar refractivity (Wildman–Crippen MR) is 71.0 cm³/mol. The molecule has 0 radical (unpaired) electrons. The number of methoxy groups -OCH3 is 2. The fourth-order valence-corrected chi connectivity index (χ4v) is 2.32. The van der Waals surface area contributed by atoms with Gasteiger partial charge >= 0.3 is 0 Å². The van der Waals surface area contributed by atoms with E-state index in [2.05, 4.69) is 0 Å². The van der Waals surface area contributed by atoms with Crippen molar-refractivity contribution in [2.75, 3.05) is 20.0 Å². The van der Waals surface area contributed by atoms with Crippen molar-refractivity contribution >= 4 is 28.1 Å². The third-order valence-electron chi connectivity index (χ3n) is 2.86. The molecule has 0 bridgehead atoms. The summed E-state index contributed by atoms with van der Waals surface area (Å²) in [6.07, 6.45) is 0. The molecule has 0 amide bonds. The number of fused-ring (bicyclic) bond motifs is 1. The summed E-state index contributed by atoms with van der Waals surface area (Å²) in [6.45, 7) is 0. The third kappa shape index (κ3) is 1.82. The first-order chi connectivity index (χ1) is 8.63. The number of anilines is 1. The summed E-state index contributed by atoms with van der Waals surface area (Å²) in [5.74, 6) is 0.782. The Morgan fingerprint density at radius 3 is 2.39 bits per heavy atom. The van der Waals surface area contributed by atoms with Gasteiger partial charge in [0.25, 0.3) is 0 Å². The Morgan fingerprint density at radius 1 is 1.17 bits per heavy atom. The van der Waals surface area contributed by atoms with Gasteiger partial charge in [-0.25, -0.2) is 4.39 Å². The second kappa shape index (κ2) is 4.90. The first kappa shape index (κ1) is 12.8. The standard InChI is InChI=1S/C13H13ClFNO2/c1-17-12-9-5-7(15)3-4-8(9)13(18-2)11(16)10(12)6-14/h3-5H,6,16H2,1-2H3. The van der Waals surface area contributed by atoms with Gasteiger partial charge in [-0.3, -0.25) is 0 Å². The molecule has 0 unspecified atom stereocenters. The second-order valence-corrected chi connectivity index (χ2v) is 4.05. The predicted octanol–water partition coefficient (Wildman–Crippen LogP) is 3.32. The van der Waals surface area contributed by atoms with Gasteiger partial charge in [0, 0.05) is 16.3 Å². The van der Waals surface area contributed by atoms with Crippen LogP contribution < -0.4 is 15.2 Å². The van der Waals surface area contributed by atoms with Crippen LogP contribution in [0.2, 0.25) is 0 Å². The molecule has 5 heteroatoms. The molecule has 2 rings (SSSR count). The lowest BCUT2D eigenvalue weighted by Crippen LogP contribution is -2.02. The highest BCUT2D eigenvalue weighted by Crippen LogP contribution is 2.43. The minimum absolute atomic E-state index is 0.165. The number of nitrogen functional groups attached to an aromatic ring is 1. The number of hydrogen-bond donors (Lipinski definition) is 1. The number of hydrogen-bond acceptors (Lipinski definition) is 3. The number of rotatable bonds is 3. The molecule has 18 heavy (non-hydrogen) atoms. The van der Waals surface area contributed by atoms with Crippen molar-refractivity contribution < 1.29 is 13.9 Å². The van der Waals surface area contributed by atoms with Crippen LogP contribution in [-0.4, -0.2) is 14.2 Å². The topological polar surface area (TPSA) is 44.5 Å². The van der Waals surface area contributed by atoms with Gasteiger partial charge in [-0.05, 0) is 18.2 Å². The van der Waals surface area contributed by atoms with Gasteiger partial charge in [-0.2, -0.15) is 0 Å². The van der Waals surface area contributed by atoms with Crippen LogP contribution in [-0.2, 0) is 5.88 Å². The van der Waals surface area contributed by atoms with E-state index >= 15 is 0 Å². The molecule has 0 aliphatic heterocycles. The van der Waals surface area contributed by atoms with Crippen LogP contribution >= 0.6 is 11.6 Å². The SMILES string of the molecule is COc1c(N)c(CCl)c(OC)c2cc(F)ccc12. The van der Waals surface area contributed by atoms with E-state index in [4.69, 9.17) is 26.8 Å². The second-order valence-electron chi connectivity index (χ2n) is 3.78. The Bertz CT molecular complexity index is 601. The van der Waals surface area contributed by atoms with Crippen LogP contribution in [0.4, 0.5) is 10.1 Å². The van der Waals surface area contributed by atoms with Crippen molar-refractivity contribution in [3.05, 3.63) is 29.6 Å². The lowest BCUT2D eigenvalue weighted by Gasteiger charge is -2.17. The summed E-state index contributed by atoms with van der Waals surface area (Å²) in [7, 11) is 3.01. The van der Waals surface area contributed by atoms with Crippen LogP contribution in [0.15, 0.2) is 18.2 Å². The third-order valence-corrected chi connectivity index (χ3v) is 3.12. The molecule has 3 nitrogen and oxygen atoms in total. The van der Waals surface area contributed by atoms with E-state index in [-0.39, 0.29) is 11.7 Å². The average molecular weight is 270 g/mol. The normalized spacial score (nSPS) is 10.7. The van der Waals surface area contributed by atoms with Gasteiger partial charge in [-0.15, -0.1) is 11.6 Å².